The van der Waals surface area contributed by atoms with Gasteiger partial charge in [-0.3, -0.25) is 18.6 Å². The van der Waals surface area contributed by atoms with Gasteiger partial charge in [0.1, 0.15) is 19.8 Å². The molecule has 0 heterocycles. The average molecular weight is 907 g/mol. The number of phosphoric ester groups is 1. The van der Waals surface area contributed by atoms with Crippen LogP contribution in [0.15, 0.2) is 72.9 Å². The number of aliphatic hydroxyl groups excluding tert-OH is 1. The van der Waals surface area contributed by atoms with Crippen molar-refractivity contribution in [3.05, 3.63) is 72.9 Å². The lowest BCUT2D eigenvalue weighted by atomic mass is 10.0. The molecule has 364 valence electrons. The molecule has 0 aromatic rings. The second-order valence-electron chi connectivity index (χ2n) is 17.7. The molecule has 2 N–H and O–H groups in total. The molecule has 0 rings (SSSR count). The number of hydrogen-bond donors (Lipinski definition) is 2. The van der Waals surface area contributed by atoms with E-state index in [2.05, 4.69) is 32.1 Å². The maximum absolute atomic E-state index is 12.7. The molecule has 0 aliphatic heterocycles. The third-order valence-corrected chi connectivity index (χ3v) is 11.3. The van der Waals surface area contributed by atoms with Crippen LogP contribution in [0.5, 0.6) is 0 Å². The van der Waals surface area contributed by atoms with Gasteiger partial charge in [-0.15, -0.1) is 0 Å². The first-order chi connectivity index (χ1) is 30.4. The number of allylic oxidation sites excluding steroid dienone is 10. The van der Waals surface area contributed by atoms with E-state index < -0.39 is 38.6 Å². The first-order valence-corrected chi connectivity index (χ1v) is 26.3. The van der Waals surface area contributed by atoms with E-state index in [9.17, 15) is 24.2 Å². The van der Waals surface area contributed by atoms with Crippen molar-refractivity contribution in [2.75, 3.05) is 47.5 Å². The lowest BCUT2D eigenvalue weighted by Crippen LogP contribution is -2.37. The molecule has 10 nitrogen and oxygen atoms in total. The summed E-state index contributed by atoms with van der Waals surface area (Å²) in [4.78, 5) is 35.5. The van der Waals surface area contributed by atoms with Crippen molar-refractivity contribution in [1.29, 1.82) is 0 Å². The minimum Gasteiger partial charge on any atom is -0.462 e. The van der Waals surface area contributed by atoms with Crippen LogP contribution in [0, 0.1) is 0 Å². The third kappa shape index (κ3) is 47.2. The zero-order valence-corrected chi connectivity index (χ0v) is 41.5. The Hall–Kier alpha value is -2.59. The molecule has 0 aromatic carbocycles. The number of hydrogen-bond acceptors (Lipinski definition) is 8. The lowest BCUT2D eigenvalue weighted by Gasteiger charge is -2.24. The van der Waals surface area contributed by atoms with Gasteiger partial charge >= 0.3 is 19.8 Å². The Labute approximate surface area is 385 Å². The first-order valence-electron chi connectivity index (χ1n) is 24.8. The second kappa shape index (κ2) is 43.3. The number of carbonyl (C=O) groups is 2. The fraction of sp³-hybridized carbons (Fsp3) is 0.731. The number of ether oxygens (including phenoxy) is 2. The Balaban J connectivity index is 4.44. The number of esters is 2. The molecule has 63 heavy (non-hydrogen) atoms. The van der Waals surface area contributed by atoms with Crippen LogP contribution in [0.4, 0.5) is 0 Å². The molecule has 0 amide bonds. The van der Waals surface area contributed by atoms with E-state index in [1.54, 1.807) is 6.08 Å². The SMILES string of the molecule is CC/C=C\C/C=C\CC(O)/C=C/C=C\C/C=C\C/C=C\CCC(=O)O[C@H](COC(=O)CCCCCCCCCCCCCCCCCCCCC)COP(=O)(O)OCC[N+](C)(C)C. The van der Waals surface area contributed by atoms with E-state index in [-0.39, 0.29) is 26.1 Å². The summed E-state index contributed by atoms with van der Waals surface area (Å²) in [5.74, 6) is -0.924. The third-order valence-electron chi connectivity index (χ3n) is 10.3. The van der Waals surface area contributed by atoms with Crippen LogP contribution >= 0.6 is 7.82 Å². The zero-order valence-electron chi connectivity index (χ0n) is 40.6. The van der Waals surface area contributed by atoms with Crippen molar-refractivity contribution >= 4 is 19.8 Å². The fourth-order valence-electron chi connectivity index (χ4n) is 6.48. The molecule has 0 aliphatic carbocycles. The second-order valence-corrected chi connectivity index (χ2v) is 19.1. The summed E-state index contributed by atoms with van der Waals surface area (Å²) in [5.41, 5.74) is 0. The number of unbranched alkanes of at least 4 members (excludes halogenated alkanes) is 18. The Morgan fingerprint density at radius 3 is 1.65 bits per heavy atom. The average Bonchev–Trinajstić information content (AvgIpc) is 3.23. The minimum atomic E-state index is -4.41. The van der Waals surface area contributed by atoms with E-state index in [1.165, 1.54) is 103 Å². The number of aliphatic hydroxyl groups is 1. The Morgan fingerprint density at radius 1 is 0.587 bits per heavy atom. The number of nitrogens with zero attached hydrogens (tertiary/aromatic N) is 1. The van der Waals surface area contributed by atoms with Gasteiger partial charge in [-0.1, -0.05) is 202 Å². The van der Waals surface area contributed by atoms with Crippen LogP contribution in [0.3, 0.4) is 0 Å². The molecule has 0 aromatic heterocycles. The Morgan fingerprint density at radius 2 is 1.10 bits per heavy atom. The lowest BCUT2D eigenvalue weighted by molar-refractivity contribution is -0.870. The van der Waals surface area contributed by atoms with Crippen molar-refractivity contribution in [2.24, 2.45) is 0 Å². The smallest absolute Gasteiger partial charge is 0.462 e. The first kappa shape index (κ1) is 60.4. The van der Waals surface area contributed by atoms with Crippen molar-refractivity contribution in [3.8, 4) is 0 Å². The number of rotatable bonds is 44. The van der Waals surface area contributed by atoms with Gasteiger partial charge in [-0.05, 0) is 44.9 Å². The van der Waals surface area contributed by atoms with Crippen LogP contribution in [-0.4, -0.2) is 86.1 Å². The van der Waals surface area contributed by atoms with E-state index >= 15 is 0 Å². The van der Waals surface area contributed by atoms with Gasteiger partial charge in [0.05, 0.1) is 33.9 Å². The number of phosphoric acid groups is 1. The van der Waals surface area contributed by atoms with Crippen LogP contribution in [0.2, 0.25) is 0 Å². The Bertz CT molecular complexity index is 1320. The summed E-state index contributed by atoms with van der Waals surface area (Å²) < 4.78 is 34.3. The number of quaternary nitrogens is 1. The molecule has 0 aliphatic rings. The molecule has 2 unspecified atom stereocenters. The quantitative estimate of drug-likeness (QED) is 0.0153. The monoisotopic (exact) mass is 907 g/mol. The standard InChI is InChI=1S/C52H92NO9P/c1-6-8-10-12-14-15-16-17-18-19-20-21-22-23-24-28-31-35-39-43-51(55)59-47-50(48-61-63(57,58)60-46-45-53(3,4)5)62-52(56)44-40-36-32-29-26-25-27-30-34-38-42-49(54)41-37-33-13-11-9-7-2/h9,11,25-26,30,32-34,36-38,42,49-50,54H,6-8,10,12-24,27-29,31,35,39-41,43-48H2,1-5H3/p+1/b11-9-,26-25-,34-30-,36-32-,37-33-,42-38+/t49?,50-/m1/s1. The van der Waals surface area contributed by atoms with Gasteiger partial charge in [0, 0.05) is 12.8 Å². The molecule has 0 fully saturated rings. The van der Waals surface area contributed by atoms with Crippen molar-refractivity contribution in [3.63, 3.8) is 0 Å². The van der Waals surface area contributed by atoms with Crippen LogP contribution in [0.25, 0.3) is 0 Å². The summed E-state index contributed by atoms with van der Waals surface area (Å²) in [6.45, 7) is 4.15. The molecular formula is C52H93NO9P+. The molecule has 0 saturated heterocycles. The van der Waals surface area contributed by atoms with E-state index in [1.807, 2.05) is 69.8 Å². The Kier molecular flexibility index (Phi) is 41.5. The molecular weight excluding hydrogens is 814 g/mol. The molecule has 0 bridgehead atoms. The summed E-state index contributed by atoms with van der Waals surface area (Å²) >= 11 is 0. The summed E-state index contributed by atoms with van der Waals surface area (Å²) in [7, 11) is 1.39. The topological polar surface area (TPSA) is 129 Å². The fourth-order valence-corrected chi connectivity index (χ4v) is 7.22. The molecule has 0 spiro atoms. The van der Waals surface area contributed by atoms with Crippen molar-refractivity contribution < 1.29 is 47.2 Å². The molecule has 3 atom stereocenters. The molecule has 0 saturated carbocycles. The highest BCUT2D eigenvalue weighted by Gasteiger charge is 2.27. The van der Waals surface area contributed by atoms with Gasteiger partial charge in [-0.2, -0.15) is 0 Å². The van der Waals surface area contributed by atoms with E-state index in [0.29, 0.717) is 30.3 Å². The largest absolute Gasteiger partial charge is 0.472 e. The number of likely N-dealkylation sites (N-methyl/N-ethyl adjacent to an activating group) is 1. The van der Waals surface area contributed by atoms with Crippen molar-refractivity contribution in [2.45, 2.75) is 199 Å². The van der Waals surface area contributed by atoms with Crippen LogP contribution < -0.4 is 0 Å². The number of carbonyl (C=O) groups excluding carboxylic acids is 2. The normalized spacial score (nSPS) is 14.6. The van der Waals surface area contributed by atoms with Gasteiger partial charge in [-0.25, -0.2) is 4.57 Å². The predicted octanol–water partition coefficient (Wildman–Crippen LogP) is 13.6. The molecule has 11 heteroatoms. The van der Waals surface area contributed by atoms with E-state index in [4.69, 9.17) is 18.5 Å². The van der Waals surface area contributed by atoms with E-state index in [0.717, 1.165) is 38.5 Å². The van der Waals surface area contributed by atoms with Gasteiger partial charge in [0.2, 0.25) is 0 Å². The van der Waals surface area contributed by atoms with Crippen LogP contribution in [0.1, 0.15) is 187 Å². The van der Waals surface area contributed by atoms with Gasteiger partial charge in [0.25, 0.3) is 0 Å². The van der Waals surface area contributed by atoms with Crippen LogP contribution in [-0.2, 0) is 32.7 Å². The van der Waals surface area contributed by atoms with Gasteiger partial charge < -0.3 is 24.0 Å². The molecule has 0 radical (unpaired) electrons. The van der Waals surface area contributed by atoms with Crippen molar-refractivity contribution in [1.82, 2.24) is 0 Å². The maximum atomic E-state index is 12.7. The summed E-state index contributed by atoms with van der Waals surface area (Å²) in [6.07, 6.45) is 51.4. The maximum Gasteiger partial charge on any atom is 0.472 e. The highest BCUT2D eigenvalue weighted by molar-refractivity contribution is 7.47. The highest BCUT2D eigenvalue weighted by atomic mass is 31.2. The predicted molar refractivity (Wildman–Crippen MR) is 262 cm³/mol. The summed E-state index contributed by atoms with van der Waals surface area (Å²) in [6, 6.07) is 0. The van der Waals surface area contributed by atoms with Gasteiger partial charge in [0.15, 0.2) is 6.10 Å². The summed E-state index contributed by atoms with van der Waals surface area (Å²) in [5, 5.41) is 10.0. The highest BCUT2D eigenvalue weighted by Crippen LogP contribution is 2.43. The minimum absolute atomic E-state index is 0.00682. The zero-order chi connectivity index (χ0) is 46.5.